The summed E-state index contributed by atoms with van der Waals surface area (Å²) in [5.41, 5.74) is 2.39. The number of carboxylic acid groups (broad SMARTS) is 2. The first-order chi connectivity index (χ1) is 8.02. The fourth-order valence-electron chi connectivity index (χ4n) is 2.06. The van der Waals surface area contributed by atoms with Crippen LogP contribution in [-0.2, 0) is 14.4 Å². The van der Waals surface area contributed by atoms with Crippen molar-refractivity contribution >= 4 is 23.4 Å². The van der Waals surface area contributed by atoms with E-state index in [1.165, 1.54) is 0 Å². The standard InChI is InChI=1S/C10H10N2O5/c13-5-3-1-2-4-6(5)7(9(14)15)8(10(16)17)12-11-4/h7,11H,1-3H2,(H,14,15)(H,16,17). The summed E-state index contributed by atoms with van der Waals surface area (Å²) in [5, 5.41) is 21.4. The Bertz CT molecular complexity index is 477. The number of carboxylic acids is 2. The number of allylic oxidation sites excluding steroid dienone is 1. The lowest BCUT2D eigenvalue weighted by atomic mass is 9.82. The van der Waals surface area contributed by atoms with Crippen LogP contribution in [0, 0.1) is 5.92 Å². The van der Waals surface area contributed by atoms with E-state index in [2.05, 4.69) is 10.5 Å². The number of carbonyl (C=O) groups is 3. The smallest absolute Gasteiger partial charge is 0.353 e. The molecular weight excluding hydrogens is 228 g/mol. The maximum absolute atomic E-state index is 11.7. The SMILES string of the molecule is O=C(O)C1=NNC2=C(C(=O)CCC2)C1C(=O)O. The van der Waals surface area contributed by atoms with E-state index in [4.69, 9.17) is 10.2 Å². The highest BCUT2D eigenvalue weighted by molar-refractivity contribution is 6.42. The van der Waals surface area contributed by atoms with Crippen LogP contribution < -0.4 is 5.43 Å². The van der Waals surface area contributed by atoms with Crippen molar-refractivity contribution in [3.05, 3.63) is 11.3 Å². The molecule has 7 nitrogen and oxygen atoms in total. The van der Waals surface area contributed by atoms with E-state index in [-0.39, 0.29) is 17.8 Å². The maximum Gasteiger partial charge on any atom is 0.353 e. The van der Waals surface area contributed by atoms with E-state index in [1.54, 1.807) is 0 Å². The summed E-state index contributed by atoms with van der Waals surface area (Å²) < 4.78 is 0. The van der Waals surface area contributed by atoms with Gasteiger partial charge in [0.15, 0.2) is 11.5 Å². The first kappa shape index (κ1) is 11.3. The van der Waals surface area contributed by atoms with Gasteiger partial charge in [-0.05, 0) is 12.8 Å². The summed E-state index contributed by atoms with van der Waals surface area (Å²) >= 11 is 0. The third-order valence-corrected chi connectivity index (χ3v) is 2.80. The Kier molecular flexibility index (Phi) is 2.66. The van der Waals surface area contributed by atoms with Gasteiger partial charge in [0.1, 0.15) is 5.92 Å². The van der Waals surface area contributed by atoms with Crippen LogP contribution in [0.15, 0.2) is 16.4 Å². The molecule has 0 amide bonds. The predicted molar refractivity (Wildman–Crippen MR) is 55.2 cm³/mol. The molecule has 0 saturated carbocycles. The zero-order valence-electron chi connectivity index (χ0n) is 8.77. The highest BCUT2D eigenvalue weighted by Gasteiger charge is 2.41. The molecule has 0 spiro atoms. The van der Waals surface area contributed by atoms with Crippen molar-refractivity contribution in [3.8, 4) is 0 Å². The minimum absolute atomic E-state index is 0.0381. The van der Waals surface area contributed by atoms with E-state index in [9.17, 15) is 14.4 Å². The number of nitrogens with one attached hydrogen (secondary N) is 1. The Morgan fingerprint density at radius 1 is 1.29 bits per heavy atom. The minimum Gasteiger partial charge on any atom is -0.480 e. The van der Waals surface area contributed by atoms with Gasteiger partial charge in [-0.3, -0.25) is 15.0 Å². The highest BCUT2D eigenvalue weighted by Crippen LogP contribution is 2.30. The first-order valence-electron chi connectivity index (χ1n) is 5.08. The molecule has 0 aromatic heterocycles. The Morgan fingerprint density at radius 2 is 2.00 bits per heavy atom. The van der Waals surface area contributed by atoms with Crippen molar-refractivity contribution < 1.29 is 24.6 Å². The Hall–Kier alpha value is -2.18. The number of nitrogens with zero attached hydrogens (tertiary/aromatic N) is 1. The van der Waals surface area contributed by atoms with Crippen molar-refractivity contribution in [1.82, 2.24) is 5.43 Å². The van der Waals surface area contributed by atoms with Crippen LogP contribution in [0.4, 0.5) is 0 Å². The van der Waals surface area contributed by atoms with Gasteiger partial charge < -0.3 is 10.2 Å². The van der Waals surface area contributed by atoms with Crippen LogP contribution in [-0.4, -0.2) is 33.6 Å². The number of rotatable bonds is 2. The zero-order chi connectivity index (χ0) is 12.6. The predicted octanol–water partition coefficient (Wildman–Crippen LogP) is -0.262. The average Bonchev–Trinajstić information content (AvgIpc) is 2.27. The fraction of sp³-hybridized carbons (Fsp3) is 0.400. The highest BCUT2D eigenvalue weighted by atomic mass is 16.4. The van der Waals surface area contributed by atoms with E-state index in [1.807, 2.05) is 0 Å². The van der Waals surface area contributed by atoms with Crippen LogP contribution in [0.5, 0.6) is 0 Å². The van der Waals surface area contributed by atoms with Crippen LogP contribution in [0.25, 0.3) is 0 Å². The number of hydrogen-bond acceptors (Lipinski definition) is 5. The van der Waals surface area contributed by atoms with Crippen molar-refractivity contribution in [2.45, 2.75) is 19.3 Å². The molecule has 0 aromatic carbocycles. The molecule has 0 bridgehead atoms. The van der Waals surface area contributed by atoms with E-state index in [0.29, 0.717) is 18.5 Å². The number of hydrogen-bond donors (Lipinski definition) is 3. The number of Topliss-reactive ketones (excluding diaryl/α,β-unsaturated/α-hetero) is 1. The third-order valence-electron chi connectivity index (χ3n) is 2.80. The molecule has 1 atom stereocenters. The average molecular weight is 238 g/mol. The van der Waals surface area contributed by atoms with Crippen molar-refractivity contribution in [2.75, 3.05) is 0 Å². The number of ketones is 1. The van der Waals surface area contributed by atoms with Gasteiger partial charge >= 0.3 is 11.9 Å². The lowest BCUT2D eigenvalue weighted by Crippen LogP contribution is -2.41. The topological polar surface area (TPSA) is 116 Å². The molecule has 0 radical (unpaired) electrons. The summed E-state index contributed by atoms with van der Waals surface area (Å²) in [6, 6.07) is 0. The molecular formula is C10H10N2O5. The van der Waals surface area contributed by atoms with Gasteiger partial charge in [0.05, 0.1) is 0 Å². The summed E-state index contributed by atoms with van der Waals surface area (Å²) in [7, 11) is 0. The molecule has 1 aliphatic heterocycles. The monoisotopic (exact) mass is 238 g/mol. The Balaban J connectivity index is 2.49. The second-order valence-corrected chi connectivity index (χ2v) is 3.85. The normalized spacial score (nSPS) is 23.6. The molecule has 90 valence electrons. The molecule has 1 aliphatic carbocycles. The van der Waals surface area contributed by atoms with Gasteiger partial charge in [0, 0.05) is 17.7 Å². The summed E-state index contributed by atoms with van der Waals surface area (Å²) in [6.45, 7) is 0. The second kappa shape index (κ2) is 4.00. The maximum atomic E-state index is 11.7. The van der Waals surface area contributed by atoms with E-state index in [0.717, 1.165) is 0 Å². The summed E-state index contributed by atoms with van der Waals surface area (Å²) in [4.78, 5) is 33.7. The van der Waals surface area contributed by atoms with Crippen molar-refractivity contribution in [3.63, 3.8) is 0 Å². The Morgan fingerprint density at radius 3 is 2.59 bits per heavy atom. The largest absolute Gasteiger partial charge is 0.480 e. The van der Waals surface area contributed by atoms with Crippen LogP contribution in [0.2, 0.25) is 0 Å². The molecule has 1 heterocycles. The molecule has 0 aromatic rings. The van der Waals surface area contributed by atoms with Crippen molar-refractivity contribution in [2.24, 2.45) is 11.0 Å². The van der Waals surface area contributed by atoms with E-state index < -0.39 is 23.6 Å². The summed E-state index contributed by atoms with van der Waals surface area (Å²) in [5.74, 6) is -4.58. The zero-order valence-corrected chi connectivity index (χ0v) is 8.77. The fourth-order valence-corrected chi connectivity index (χ4v) is 2.06. The van der Waals surface area contributed by atoms with Gasteiger partial charge in [0.25, 0.3) is 0 Å². The number of carbonyl (C=O) groups excluding carboxylic acids is 1. The molecule has 2 aliphatic rings. The third kappa shape index (κ3) is 1.79. The lowest BCUT2D eigenvalue weighted by Gasteiger charge is -2.27. The van der Waals surface area contributed by atoms with Crippen molar-refractivity contribution in [1.29, 1.82) is 0 Å². The first-order valence-corrected chi connectivity index (χ1v) is 5.08. The molecule has 7 heteroatoms. The van der Waals surface area contributed by atoms with Gasteiger partial charge in [-0.25, -0.2) is 4.79 Å². The van der Waals surface area contributed by atoms with Crippen LogP contribution in [0.1, 0.15) is 19.3 Å². The Labute approximate surface area is 95.8 Å². The van der Waals surface area contributed by atoms with Gasteiger partial charge in [-0.2, -0.15) is 5.10 Å². The lowest BCUT2D eigenvalue weighted by molar-refractivity contribution is -0.140. The number of hydrazone groups is 1. The molecule has 2 rings (SSSR count). The quantitative estimate of drug-likeness (QED) is 0.610. The molecule has 0 saturated heterocycles. The van der Waals surface area contributed by atoms with Gasteiger partial charge in [-0.15, -0.1) is 0 Å². The van der Waals surface area contributed by atoms with E-state index >= 15 is 0 Å². The molecule has 1 unspecified atom stereocenters. The van der Waals surface area contributed by atoms with Gasteiger partial charge in [0.2, 0.25) is 0 Å². The van der Waals surface area contributed by atoms with Crippen LogP contribution >= 0.6 is 0 Å². The minimum atomic E-state index is -1.46. The van der Waals surface area contributed by atoms with Gasteiger partial charge in [-0.1, -0.05) is 0 Å². The number of aliphatic carboxylic acids is 2. The second-order valence-electron chi connectivity index (χ2n) is 3.85. The molecule has 3 N–H and O–H groups in total. The molecule has 0 fully saturated rings. The molecule has 17 heavy (non-hydrogen) atoms. The van der Waals surface area contributed by atoms with Crippen LogP contribution in [0.3, 0.4) is 0 Å². The summed E-state index contributed by atoms with van der Waals surface area (Å²) in [6.07, 6.45) is 1.38.